The minimum atomic E-state index is -0.966. The fourth-order valence-electron chi connectivity index (χ4n) is 1.95. The zero-order chi connectivity index (χ0) is 15.6. The number of carboxylic acid groups (broad SMARTS) is 1. The average molecular weight is 328 g/mol. The van der Waals surface area contributed by atoms with E-state index in [1.165, 1.54) is 6.07 Å². The Morgan fingerprint density at radius 3 is 2.62 bits per heavy atom. The largest absolute Gasteiger partial charge is 0.481 e. The minimum absolute atomic E-state index is 0.0663. The van der Waals surface area contributed by atoms with Crippen LogP contribution in [0.25, 0.3) is 0 Å². The lowest BCUT2D eigenvalue weighted by Gasteiger charge is -2.14. The van der Waals surface area contributed by atoms with E-state index in [9.17, 15) is 9.18 Å². The van der Waals surface area contributed by atoms with Gasteiger partial charge in [0.2, 0.25) is 0 Å². The molecule has 21 heavy (non-hydrogen) atoms. The summed E-state index contributed by atoms with van der Waals surface area (Å²) in [6, 6.07) is 7.78. The van der Waals surface area contributed by atoms with E-state index in [0.29, 0.717) is 11.3 Å². The maximum Gasteiger partial charge on any atom is 0.307 e. The van der Waals surface area contributed by atoms with E-state index in [2.05, 4.69) is 5.32 Å². The quantitative estimate of drug-likeness (QED) is 0.847. The van der Waals surface area contributed by atoms with Crippen LogP contribution in [0.1, 0.15) is 11.1 Å². The number of nitrogens with one attached hydrogen (secondary N) is 1. The van der Waals surface area contributed by atoms with Gasteiger partial charge in [-0.3, -0.25) is 4.79 Å². The number of hydrogen-bond donors (Lipinski definition) is 2. The van der Waals surface area contributed by atoms with E-state index in [1.54, 1.807) is 18.2 Å². The van der Waals surface area contributed by atoms with Crippen LogP contribution in [0.15, 0.2) is 30.3 Å². The molecular formula is C15H12Cl2FNO2. The van der Waals surface area contributed by atoms with Crippen LogP contribution < -0.4 is 5.32 Å². The summed E-state index contributed by atoms with van der Waals surface area (Å²) >= 11 is 11.7. The average Bonchev–Trinajstić information content (AvgIpc) is 2.35. The van der Waals surface area contributed by atoms with Crippen molar-refractivity contribution in [3.63, 3.8) is 0 Å². The van der Waals surface area contributed by atoms with Gasteiger partial charge >= 0.3 is 5.97 Å². The van der Waals surface area contributed by atoms with Crippen LogP contribution in [0.4, 0.5) is 15.8 Å². The van der Waals surface area contributed by atoms with Crippen molar-refractivity contribution in [1.82, 2.24) is 0 Å². The van der Waals surface area contributed by atoms with Crippen molar-refractivity contribution in [3.05, 3.63) is 57.3 Å². The van der Waals surface area contributed by atoms with Crippen LogP contribution >= 0.6 is 23.2 Å². The second kappa shape index (κ2) is 6.33. The molecule has 0 spiro atoms. The molecule has 0 aromatic heterocycles. The highest BCUT2D eigenvalue weighted by Gasteiger charge is 2.13. The number of halogens is 3. The highest BCUT2D eigenvalue weighted by Crippen LogP contribution is 2.32. The number of rotatable bonds is 4. The van der Waals surface area contributed by atoms with E-state index in [-0.39, 0.29) is 22.2 Å². The molecule has 6 heteroatoms. The van der Waals surface area contributed by atoms with Gasteiger partial charge in [0.1, 0.15) is 5.82 Å². The third-order valence-corrected chi connectivity index (χ3v) is 3.39. The van der Waals surface area contributed by atoms with Gasteiger partial charge in [0, 0.05) is 10.7 Å². The number of aryl methyl sites for hydroxylation is 1. The second-order valence-electron chi connectivity index (χ2n) is 4.60. The van der Waals surface area contributed by atoms with E-state index >= 15 is 0 Å². The molecule has 2 aromatic carbocycles. The molecule has 0 aliphatic heterocycles. The SMILES string of the molecule is Cc1ccc(Nc2c(F)cc(Cl)cc2Cl)c(CC(=O)O)c1. The molecule has 0 fully saturated rings. The summed E-state index contributed by atoms with van der Waals surface area (Å²) < 4.78 is 13.9. The number of hydrogen-bond acceptors (Lipinski definition) is 2. The van der Waals surface area contributed by atoms with Crippen molar-refractivity contribution in [1.29, 1.82) is 0 Å². The Balaban J connectivity index is 2.42. The molecule has 110 valence electrons. The second-order valence-corrected chi connectivity index (χ2v) is 5.44. The number of carbonyl (C=O) groups is 1. The molecule has 0 heterocycles. The lowest BCUT2D eigenvalue weighted by atomic mass is 10.1. The molecule has 2 N–H and O–H groups in total. The van der Waals surface area contributed by atoms with Gasteiger partial charge < -0.3 is 10.4 Å². The summed E-state index contributed by atoms with van der Waals surface area (Å²) in [5.74, 6) is -1.57. The molecule has 0 radical (unpaired) electrons. The van der Waals surface area contributed by atoms with Crippen LogP contribution in [-0.4, -0.2) is 11.1 Å². The highest BCUT2D eigenvalue weighted by atomic mass is 35.5. The van der Waals surface area contributed by atoms with Crippen LogP contribution in [0.3, 0.4) is 0 Å². The smallest absolute Gasteiger partial charge is 0.307 e. The molecule has 0 unspecified atom stereocenters. The summed E-state index contributed by atoms with van der Waals surface area (Å²) in [6.45, 7) is 1.85. The summed E-state index contributed by atoms with van der Waals surface area (Å²) in [5, 5.41) is 12.1. The van der Waals surface area contributed by atoms with Gasteiger partial charge in [0.25, 0.3) is 0 Å². The first-order chi connectivity index (χ1) is 9.86. The fraction of sp³-hybridized carbons (Fsp3) is 0.133. The molecule has 0 saturated carbocycles. The van der Waals surface area contributed by atoms with Gasteiger partial charge in [-0.05, 0) is 30.7 Å². The van der Waals surface area contributed by atoms with Gasteiger partial charge in [-0.1, -0.05) is 40.9 Å². The fourth-order valence-corrected chi connectivity index (χ4v) is 2.47. The normalized spacial score (nSPS) is 10.5. The lowest BCUT2D eigenvalue weighted by molar-refractivity contribution is -0.136. The standard InChI is InChI=1S/C15H12Cl2FNO2/c1-8-2-3-13(9(4-8)5-14(20)21)19-15-11(17)6-10(16)7-12(15)18/h2-4,6-7,19H,5H2,1H3,(H,20,21). The minimum Gasteiger partial charge on any atom is -0.481 e. The predicted octanol–water partition coefficient (Wildman–Crippen LogP) is 4.81. The lowest BCUT2D eigenvalue weighted by Crippen LogP contribution is -2.05. The van der Waals surface area contributed by atoms with Crippen LogP contribution in [-0.2, 0) is 11.2 Å². The molecule has 2 rings (SSSR count). The predicted molar refractivity (Wildman–Crippen MR) is 82.2 cm³/mol. The van der Waals surface area contributed by atoms with Crippen molar-refractivity contribution in [2.24, 2.45) is 0 Å². The summed E-state index contributed by atoms with van der Waals surface area (Å²) in [7, 11) is 0. The third-order valence-electron chi connectivity index (χ3n) is 2.87. The monoisotopic (exact) mass is 327 g/mol. The molecule has 0 amide bonds. The molecule has 2 aromatic rings. The third kappa shape index (κ3) is 3.86. The Bertz CT molecular complexity index is 681. The van der Waals surface area contributed by atoms with Gasteiger partial charge in [-0.15, -0.1) is 0 Å². The first-order valence-corrected chi connectivity index (χ1v) is 6.85. The van der Waals surface area contributed by atoms with Crippen molar-refractivity contribution in [3.8, 4) is 0 Å². The van der Waals surface area contributed by atoms with E-state index in [0.717, 1.165) is 11.6 Å². The molecule has 0 aliphatic carbocycles. The number of benzene rings is 2. The van der Waals surface area contributed by atoms with Gasteiger partial charge in [0.15, 0.2) is 0 Å². The van der Waals surface area contributed by atoms with Crippen molar-refractivity contribution in [2.45, 2.75) is 13.3 Å². The first-order valence-electron chi connectivity index (χ1n) is 6.09. The van der Waals surface area contributed by atoms with Crippen molar-refractivity contribution in [2.75, 3.05) is 5.32 Å². The Morgan fingerprint density at radius 2 is 2.00 bits per heavy atom. The van der Waals surface area contributed by atoms with E-state index in [4.69, 9.17) is 28.3 Å². The van der Waals surface area contributed by atoms with Gasteiger partial charge in [-0.2, -0.15) is 0 Å². The van der Waals surface area contributed by atoms with Gasteiger partial charge in [-0.25, -0.2) is 4.39 Å². The Morgan fingerprint density at radius 1 is 1.29 bits per heavy atom. The zero-order valence-corrected chi connectivity index (χ0v) is 12.6. The number of anilines is 2. The maximum atomic E-state index is 13.9. The highest BCUT2D eigenvalue weighted by molar-refractivity contribution is 6.36. The Labute approximate surface area is 131 Å². The van der Waals surface area contributed by atoms with Crippen molar-refractivity contribution >= 4 is 40.5 Å². The number of carboxylic acids is 1. The first kappa shape index (κ1) is 15.6. The molecule has 0 atom stereocenters. The summed E-state index contributed by atoms with van der Waals surface area (Å²) in [6.07, 6.45) is -0.170. The van der Waals surface area contributed by atoms with E-state index in [1.807, 2.05) is 6.92 Å². The molecular weight excluding hydrogens is 316 g/mol. The maximum absolute atomic E-state index is 13.9. The van der Waals surface area contributed by atoms with Gasteiger partial charge in [0.05, 0.1) is 17.1 Å². The van der Waals surface area contributed by atoms with Crippen LogP contribution in [0.2, 0.25) is 10.0 Å². The van der Waals surface area contributed by atoms with Crippen molar-refractivity contribution < 1.29 is 14.3 Å². The van der Waals surface area contributed by atoms with Crippen LogP contribution in [0.5, 0.6) is 0 Å². The molecule has 0 bridgehead atoms. The van der Waals surface area contributed by atoms with Crippen LogP contribution in [0, 0.1) is 12.7 Å². The number of aliphatic carboxylic acids is 1. The summed E-state index contributed by atoms with van der Waals surface area (Å²) in [5.41, 5.74) is 2.02. The molecule has 0 saturated heterocycles. The molecule has 0 aliphatic rings. The molecule has 3 nitrogen and oxygen atoms in total. The zero-order valence-electron chi connectivity index (χ0n) is 11.1. The topological polar surface area (TPSA) is 49.3 Å². The Hall–Kier alpha value is -1.78. The summed E-state index contributed by atoms with van der Waals surface area (Å²) in [4.78, 5) is 10.9. The Kier molecular flexibility index (Phi) is 4.70. The van der Waals surface area contributed by atoms with E-state index < -0.39 is 11.8 Å².